The first-order valence-electron chi connectivity index (χ1n) is 12.6. The lowest BCUT2D eigenvalue weighted by Gasteiger charge is -2.51. The Balaban J connectivity index is 1.88. The van der Waals surface area contributed by atoms with Gasteiger partial charge in [0.05, 0.1) is 11.5 Å². The van der Waals surface area contributed by atoms with Gasteiger partial charge < -0.3 is 14.9 Å². The van der Waals surface area contributed by atoms with Crippen molar-refractivity contribution in [1.82, 2.24) is 9.62 Å². The van der Waals surface area contributed by atoms with Crippen molar-refractivity contribution in [3.05, 3.63) is 60.2 Å². The van der Waals surface area contributed by atoms with Crippen molar-refractivity contribution >= 4 is 27.8 Å². The molecular formula is C28H36N2O6S2. The fraction of sp³-hybridized carbons (Fsp3) is 0.464. The van der Waals surface area contributed by atoms with E-state index in [1.54, 1.807) is 13.8 Å². The van der Waals surface area contributed by atoms with E-state index in [1.807, 2.05) is 18.2 Å². The molecule has 0 spiro atoms. The molecule has 2 aromatic rings. The monoisotopic (exact) mass is 560 g/mol. The number of aliphatic carboxylic acids is 1. The molecule has 0 saturated carbocycles. The zero-order chi connectivity index (χ0) is 27.7. The van der Waals surface area contributed by atoms with Crippen LogP contribution < -0.4 is 9.46 Å². The number of carbonyl (C=O) groups is 1. The first-order chi connectivity index (χ1) is 18.2. The molecule has 0 aliphatic carbocycles. The van der Waals surface area contributed by atoms with Gasteiger partial charge in [-0.15, -0.1) is 5.92 Å². The Bertz CT molecular complexity index is 1220. The van der Waals surface area contributed by atoms with Crippen LogP contribution >= 0.6 is 11.8 Å². The first-order valence-corrected chi connectivity index (χ1v) is 15.1. The van der Waals surface area contributed by atoms with E-state index in [0.717, 1.165) is 12.1 Å². The number of sulfonamides is 1. The average molecular weight is 561 g/mol. The second kappa shape index (κ2) is 13.5. The number of aliphatic hydroxyl groups is 1. The maximum absolute atomic E-state index is 13.5. The summed E-state index contributed by atoms with van der Waals surface area (Å²) in [6.07, 6.45) is 0.965. The smallest absolute Gasteiger partial charge is 0.326 e. The summed E-state index contributed by atoms with van der Waals surface area (Å²) in [6, 6.07) is 15.9. The van der Waals surface area contributed by atoms with Gasteiger partial charge in [0.15, 0.2) is 0 Å². The minimum atomic E-state index is -4.20. The third-order valence-electron chi connectivity index (χ3n) is 6.99. The van der Waals surface area contributed by atoms with Gasteiger partial charge >= 0.3 is 5.97 Å². The second-order valence-electron chi connectivity index (χ2n) is 9.18. The molecule has 1 aliphatic rings. The van der Waals surface area contributed by atoms with E-state index in [4.69, 9.17) is 4.74 Å². The summed E-state index contributed by atoms with van der Waals surface area (Å²) < 4.78 is 34.2. The molecule has 1 unspecified atom stereocenters. The Hall–Kier alpha value is -2.55. The number of ether oxygens (including phenoxy) is 1. The highest BCUT2D eigenvalue weighted by molar-refractivity contribution is 8.00. The van der Waals surface area contributed by atoms with Gasteiger partial charge in [-0.3, -0.25) is 9.69 Å². The van der Waals surface area contributed by atoms with Gasteiger partial charge in [-0.25, -0.2) is 8.42 Å². The molecule has 3 N–H and O–H groups in total. The topological polar surface area (TPSA) is 116 Å². The molecule has 0 bridgehead atoms. The predicted molar refractivity (Wildman–Crippen MR) is 150 cm³/mol. The number of thioether (sulfide) groups is 1. The molecule has 2 aromatic carbocycles. The molecule has 1 atom stereocenters. The van der Waals surface area contributed by atoms with E-state index < -0.39 is 26.3 Å². The Morgan fingerprint density at radius 3 is 2.37 bits per heavy atom. The van der Waals surface area contributed by atoms with Crippen LogP contribution in [0.4, 0.5) is 0 Å². The van der Waals surface area contributed by atoms with Crippen LogP contribution in [-0.2, 0) is 21.4 Å². The summed E-state index contributed by atoms with van der Waals surface area (Å²) in [5, 5.41) is 20.2. The van der Waals surface area contributed by atoms with Crippen LogP contribution in [0.1, 0.15) is 38.7 Å². The summed E-state index contributed by atoms with van der Waals surface area (Å²) in [5.41, 5.74) is -0.603. The summed E-state index contributed by atoms with van der Waals surface area (Å²) >= 11 is 1.35. The number of likely N-dealkylation sites (tertiary alicyclic amines) is 1. The van der Waals surface area contributed by atoms with Crippen LogP contribution in [-0.4, -0.2) is 71.8 Å². The number of nitrogens with one attached hydrogen (secondary N) is 1. The predicted octanol–water partition coefficient (Wildman–Crippen LogP) is 3.36. The van der Waals surface area contributed by atoms with Gasteiger partial charge in [-0.05, 0) is 69.1 Å². The minimum absolute atomic E-state index is 0.0469. The van der Waals surface area contributed by atoms with Gasteiger partial charge in [0.2, 0.25) is 10.0 Å². The number of hydrogen-bond acceptors (Lipinski definition) is 7. The van der Waals surface area contributed by atoms with Crippen molar-refractivity contribution in [3.63, 3.8) is 0 Å². The molecule has 3 rings (SSSR count). The minimum Gasteiger partial charge on any atom is -0.481 e. The van der Waals surface area contributed by atoms with E-state index in [9.17, 15) is 23.4 Å². The zero-order valence-electron chi connectivity index (χ0n) is 21.9. The SMILES string of the molecule is CC#CCOc1ccc(S(=O)(=O)NC(CC)(C(=O)O)C2(SCCO)CCN(Cc3ccccc3)CC2)cc1. The van der Waals surface area contributed by atoms with Crippen molar-refractivity contribution in [2.75, 3.05) is 32.1 Å². The number of carboxylic acid groups (broad SMARTS) is 1. The lowest BCUT2D eigenvalue weighted by Crippen LogP contribution is -2.69. The number of piperidine rings is 1. The van der Waals surface area contributed by atoms with Crippen LogP contribution in [0.25, 0.3) is 0 Å². The quantitative estimate of drug-likeness (QED) is 0.320. The Kier molecular flexibility index (Phi) is 10.7. The summed E-state index contributed by atoms with van der Waals surface area (Å²) in [6.45, 7) is 5.40. The van der Waals surface area contributed by atoms with Gasteiger partial charge in [0.25, 0.3) is 0 Å². The molecule has 1 fully saturated rings. The van der Waals surface area contributed by atoms with E-state index >= 15 is 0 Å². The molecule has 206 valence electrons. The summed E-state index contributed by atoms with van der Waals surface area (Å²) in [4.78, 5) is 15.2. The number of carboxylic acids is 1. The van der Waals surface area contributed by atoms with Crippen LogP contribution in [0, 0.1) is 11.8 Å². The highest BCUT2D eigenvalue weighted by Crippen LogP contribution is 2.47. The molecule has 38 heavy (non-hydrogen) atoms. The number of aliphatic hydroxyl groups excluding tert-OH is 1. The number of rotatable bonds is 13. The van der Waals surface area contributed by atoms with Gasteiger partial charge in [0, 0.05) is 17.0 Å². The Labute approximate surface area is 229 Å². The van der Waals surface area contributed by atoms with E-state index in [1.165, 1.54) is 36.0 Å². The summed E-state index contributed by atoms with van der Waals surface area (Å²) in [7, 11) is -4.20. The van der Waals surface area contributed by atoms with Crippen LogP contribution in [0.2, 0.25) is 0 Å². The average Bonchev–Trinajstić information content (AvgIpc) is 2.92. The molecule has 1 aliphatic heterocycles. The van der Waals surface area contributed by atoms with Crippen molar-refractivity contribution in [3.8, 4) is 17.6 Å². The normalized spacial score (nSPS) is 17.1. The maximum Gasteiger partial charge on any atom is 0.326 e. The Morgan fingerprint density at radius 2 is 1.82 bits per heavy atom. The third kappa shape index (κ3) is 6.90. The van der Waals surface area contributed by atoms with Crippen molar-refractivity contribution in [1.29, 1.82) is 0 Å². The first kappa shape index (κ1) is 30.0. The molecule has 0 aromatic heterocycles. The van der Waals surface area contributed by atoms with Gasteiger partial charge in [0.1, 0.15) is 17.9 Å². The molecule has 0 amide bonds. The standard InChI is InChI=1S/C28H36N2O6S2/c1-3-5-20-36-24-11-13-25(14-12-24)38(34,35)29-28(4-2,26(32)33)27(37-21-19-31)15-17-30(18-16-27)22-23-9-7-6-8-10-23/h6-14,29,31H,4,15-22H2,1-2H3,(H,32,33). The molecule has 8 nitrogen and oxygen atoms in total. The lowest BCUT2D eigenvalue weighted by molar-refractivity contribution is -0.146. The number of hydrogen-bond donors (Lipinski definition) is 3. The molecule has 0 radical (unpaired) electrons. The van der Waals surface area contributed by atoms with E-state index in [-0.39, 0.29) is 24.5 Å². The fourth-order valence-corrected chi connectivity index (χ4v) is 7.97. The largest absolute Gasteiger partial charge is 0.481 e. The van der Waals surface area contributed by atoms with Gasteiger partial charge in [-0.1, -0.05) is 43.2 Å². The molecule has 1 heterocycles. The lowest BCUT2D eigenvalue weighted by atomic mass is 9.75. The highest BCUT2D eigenvalue weighted by Gasteiger charge is 2.58. The zero-order valence-corrected chi connectivity index (χ0v) is 23.5. The van der Waals surface area contributed by atoms with Crippen LogP contribution in [0.3, 0.4) is 0 Å². The van der Waals surface area contributed by atoms with Crippen molar-refractivity contribution in [2.24, 2.45) is 0 Å². The molecule has 1 saturated heterocycles. The van der Waals surface area contributed by atoms with Crippen molar-refractivity contribution < 1.29 is 28.2 Å². The van der Waals surface area contributed by atoms with E-state index in [2.05, 4.69) is 33.6 Å². The fourth-order valence-electron chi connectivity index (χ4n) is 4.92. The van der Waals surface area contributed by atoms with Crippen LogP contribution in [0.15, 0.2) is 59.5 Å². The van der Waals surface area contributed by atoms with E-state index in [0.29, 0.717) is 37.4 Å². The van der Waals surface area contributed by atoms with Gasteiger partial charge in [-0.2, -0.15) is 16.5 Å². The molecular weight excluding hydrogens is 524 g/mol. The summed E-state index contributed by atoms with van der Waals surface area (Å²) in [5.74, 6) is 5.05. The van der Waals surface area contributed by atoms with Crippen LogP contribution in [0.5, 0.6) is 5.75 Å². The second-order valence-corrected chi connectivity index (χ2v) is 12.3. The molecule has 10 heteroatoms. The third-order valence-corrected chi connectivity index (χ3v) is 10.2. The Morgan fingerprint density at radius 1 is 1.16 bits per heavy atom. The highest BCUT2D eigenvalue weighted by atomic mass is 32.2. The maximum atomic E-state index is 13.5. The number of nitrogens with zero attached hydrogens (tertiary/aromatic N) is 1. The number of benzene rings is 2. The van der Waals surface area contributed by atoms with Crippen molar-refractivity contribution in [2.45, 2.75) is 54.8 Å².